The molecule has 0 aliphatic carbocycles. The number of rotatable bonds is 9. The summed E-state index contributed by atoms with van der Waals surface area (Å²) in [6.07, 6.45) is 0.937. The maximum Gasteiger partial charge on any atom is 0.0727 e. The van der Waals surface area contributed by atoms with E-state index in [0.717, 1.165) is 37.2 Å². The average molecular weight is 316 g/mol. The Morgan fingerprint density at radius 2 is 2.11 bits per heavy atom. The molecular formula is C14H22BrNO2. The first-order valence-electron chi connectivity index (χ1n) is 6.32. The highest BCUT2D eigenvalue weighted by Crippen LogP contribution is 2.19. The molecular weight excluding hydrogens is 294 g/mol. The summed E-state index contributed by atoms with van der Waals surface area (Å²) in [7, 11) is 1.71. The van der Waals surface area contributed by atoms with E-state index in [1.807, 2.05) is 0 Å². The number of hydrogen-bond donors (Lipinski definition) is 1. The standard InChI is InChI=1S/C14H22BrNO2/c1-3-16-10-12-5-6-13(14(15)9-12)11-18-8-4-7-17-2/h5-6,9,16H,3-4,7-8,10-11H2,1-2H3. The summed E-state index contributed by atoms with van der Waals surface area (Å²) in [5.41, 5.74) is 2.47. The van der Waals surface area contributed by atoms with Crippen molar-refractivity contribution in [2.75, 3.05) is 26.9 Å². The Hall–Kier alpha value is -0.420. The van der Waals surface area contributed by atoms with Crippen molar-refractivity contribution in [1.82, 2.24) is 5.32 Å². The van der Waals surface area contributed by atoms with Gasteiger partial charge >= 0.3 is 0 Å². The second kappa shape index (κ2) is 9.50. The third-order valence-corrected chi connectivity index (χ3v) is 3.33. The van der Waals surface area contributed by atoms with E-state index in [9.17, 15) is 0 Å². The fourth-order valence-corrected chi connectivity index (χ4v) is 2.12. The number of hydrogen-bond acceptors (Lipinski definition) is 3. The highest BCUT2D eigenvalue weighted by molar-refractivity contribution is 9.10. The van der Waals surface area contributed by atoms with Crippen molar-refractivity contribution in [2.45, 2.75) is 26.5 Å². The second-order valence-corrected chi connectivity index (χ2v) is 4.96. The molecule has 0 heterocycles. The van der Waals surface area contributed by atoms with Crippen LogP contribution in [-0.4, -0.2) is 26.9 Å². The van der Waals surface area contributed by atoms with Crippen LogP contribution in [0.5, 0.6) is 0 Å². The van der Waals surface area contributed by atoms with Gasteiger partial charge in [0.1, 0.15) is 0 Å². The largest absolute Gasteiger partial charge is 0.385 e. The van der Waals surface area contributed by atoms with Crippen LogP contribution in [0.2, 0.25) is 0 Å². The zero-order valence-corrected chi connectivity index (χ0v) is 12.8. The highest BCUT2D eigenvalue weighted by atomic mass is 79.9. The molecule has 4 heteroatoms. The minimum atomic E-state index is 0.645. The Labute approximate surface area is 118 Å². The molecule has 0 saturated carbocycles. The molecule has 0 aromatic heterocycles. The lowest BCUT2D eigenvalue weighted by Crippen LogP contribution is -2.11. The van der Waals surface area contributed by atoms with E-state index >= 15 is 0 Å². The number of benzene rings is 1. The number of nitrogens with one attached hydrogen (secondary N) is 1. The van der Waals surface area contributed by atoms with Crippen LogP contribution in [0, 0.1) is 0 Å². The average Bonchev–Trinajstić information content (AvgIpc) is 2.38. The molecule has 1 aromatic carbocycles. The van der Waals surface area contributed by atoms with Crippen LogP contribution in [0.15, 0.2) is 22.7 Å². The van der Waals surface area contributed by atoms with Gasteiger partial charge in [-0.15, -0.1) is 0 Å². The van der Waals surface area contributed by atoms with E-state index < -0.39 is 0 Å². The first-order valence-corrected chi connectivity index (χ1v) is 7.12. The molecule has 102 valence electrons. The third kappa shape index (κ3) is 5.96. The lowest BCUT2D eigenvalue weighted by atomic mass is 10.1. The van der Waals surface area contributed by atoms with Gasteiger partial charge in [-0.25, -0.2) is 0 Å². The van der Waals surface area contributed by atoms with E-state index in [1.54, 1.807) is 7.11 Å². The number of ether oxygens (including phenoxy) is 2. The number of methoxy groups -OCH3 is 1. The summed E-state index contributed by atoms with van der Waals surface area (Å²) < 4.78 is 11.7. The van der Waals surface area contributed by atoms with Gasteiger partial charge in [-0.2, -0.15) is 0 Å². The Morgan fingerprint density at radius 3 is 2.78 bits per heavy atom. The van der Waals surface area contributed by atoms with Crippen molar-refractivity contribution >= 4 is 15.9 Å². The molecule has 0 atom stereocenters. The molecule has 0 fully saturated rings. The SMILES string of the molecule is CCNCc1ccc(COCCCOC)c(Br)c1. The maximum atomic E-state index is 5.60. The maximum absolute atomic E-state index is 5.60. The molecule has 0 aliphatic rings. The smallest absolute Gasteiger partial charge is 0.0727 e. The Morgan fingerprint density at radius 1 is 1.28 bits per heavy atom. The van der Waals surface area contributed by atoms with Gasteiger partial charge < -0.3 is 14.8 Å². The predicted octanol–water partition coefficient (Wildman–Crippen LogP) is 3.11. The molecule has 0 unspecified atom stereocenters. The zero-order valence-electron chi connectivity index (χ0n) is 11.2. The van der Waals surface area contributed by atoms with Gasteiger partial charge in [0, 0.05) is 31.3 Å². The fraction of sp³-hybridized carbons (Fsp3) is 0.571. The minimum Gasteiger partial charge on any atom is -0.385 e. The molecule has 0 bridgehead atoms. The first-order chi connectivity index (χ1) is 8.77. The van der Waals surface area contributed by atoms with Gasteiger partial charge in [-0.1, -0.05) is 35.0 Å². The Bertz CT molecular complexity index is 345. The van der Waals surface area contributed by atoms with E-state index in [4.69, 9.17) is 9.47 Å². The highest BCUT2D eigenvalue weighted by Gasteiger charge is 2.02. The van der Waals surface area contributed by atoms with Gasteiger partial charge in [-0.3, -0.25) is 0 Å². The molecule has 1 N–H and O–H groups in total. The van der Waals surface area contributed by atoms with Crippen LogP contribution in [0.4, 0.5) is 0 Å². The van der Waals surface area contributed by atoms with Crippen LogP contribution in [0.3, 0.4) is 0 Å². The molecule has 3 nitrogen and oxygen atoms in total. The summed E-state index contributed by atoms with van der Waals surface area (Å²) in [6, 6.07) is 6.41. The normalized spacial score (nSPS) is 10.8. The van der Waals surface area contributed by atoms with Crippen LogP contribution in [0.1, 0.15) is 24.5 Å². The number of halogens is 1. The predicted molar refractivity (Wildman–Crippen MR) is 77.7 cm³/mol. The minimum absolute atomic E-state index is 0.645. The topological polar surface area (TPSA) is 30.5 Å². The third-order valence-electron chi connectivity index (χ3n) is 2.59. The first kappa shape index (κ1) is 15.6. The van der Waals surface area contributed by atoms with Crippen molar-refractivity contribution in [1.29, 1.82) is 0 Å². The van der Waals surface area contributed by atoms with Gasteiger partial charge in [0.25, 0.3) is 0 Å². The van der Waals surface area contributed by atoms with Crippen LogP contribution < -0.4 is 5.32 Å². The Balaban J connectivity index is 2.37. The van der Waals surface area contributed by atoms with E-state index in [2.05, 4.69) is 46.4 Å². The molecule has 0 aliphatic heterocycles. The van der Waals surface area contributed by atoms with Gasteiger partial charge in [-0.05, 0) is 30.2 Å². The monoisotopic (exact) mass is 315 g/mol. The molecule has 18 heavy (non-hydrogen) atoms. The van der Waals surface area contributed by atoms with Gasteiger partial charge in [0.2, 0.25) is 0 Å². The van der Waals surface area contributed by atoms with E-state index in [-0.39, 0.29) is 0 Å². The molecule has 0 spiro atoms. The van der Waals surface area contributed by atoms with Crippen LogP contribution in [-0.2, 0) is 22.6 Å². The van der Waals surface area contributed by atoms with Crippen molar-refractivity contribution in [3.05, 3.63) is 33.8 Å². The van der Waals surface area contributed by atoms with Crippen LogP contribution in [0.25, 0.3) is 0 Å². The zero-order chi connectivity index (χ0) is 13.2. The quantitative estimate of drug-likeness (QED) is 0.710. The van der Waals surface area contributed by atoms with E-state index in [0.29, 0.717) is 6.61 Å². The van der Waals surface area contributed by atoms with Crippen molar-refractivity contribution in [3.63, 3.8) is 0 Å². The molecule has 1 rings (SSSR count). The summed E-state index contributed by atoms with van der Waals surface area (Å²) in [6.45, 7) is 6.14. The Kier molecular flexibility index (Phi) is 8.25. The fourth-order valence-electron chi connectivity index (χ4n) is 1.57. The van der Waals surface area contributed by atoms with Crippen molar-refractivity contribution < 1.29 is 9.47 Å². The van der Waals surface area contributed by atoms with Crippen LogP contribution >= 0.6 is 15.9 Å². The summed E-state index contributed by atoms with van der Waals surface area (Å²) in [5, 5.41) is 3.31. The molecule has 0 radical (unpaired) electrons. The lowest BCUT2D eigenvalue weighted by molar-refractivity contribution is 0.0925. The second-order valence-electron chi connectivity index (χ2n) is 4.11. The van der Waals surface area contributed by atoms with E-state index in [1.165, 1.54) is 11.1 Å². The summed E-state index contributed by atoms with van der Waals surface area (Å²) in [4.78, 5) is 0. The van der Waals surface area contributed by atoms with Gasteiger partial charge in [0.15, 0.2) is 0 Å². The van der Waals surface area contributed by atoms with Crippen molar-refractivity contribution in [3.8, 4) is 0 Å². The van der Waals surface area contributed by atoms with Gasteiger partial charge in [0.05, 0.1) is 6.61 Å². The molecule has 1 aromatic rings. The van der Waals surface area contributed by atoms with Crippen molar-refractivity contribution in [2.24, 2.45) is 0 Å². The summed E-state index contributed by atoms with van der Waals surface area (Å²) >= 11 is 3.59. The molecule has 0 saturated heterocycles. The molecule has 0 amide bonds. The lowest BCUT2D eigenvalue weighted by Gasteiger charge is -2.09. The summed E-state index contributed by atoms with van der Waals surface area (Å²) in [5.74, 6) is 0.